The first-order valence-corrected chi connectivity index (χ1v) is 4.91. The predicted octanol–water partition coefficient (Wildman–Crippen LogP) is 2.03. The summed E-state index contributed by atoms with van der Waals surface area (Å²) in [6.45, 7) is -1.35. The van der Waals surface area contributed by atoms with Gasteiger partial charge in [0.25, 0.3) is 0 Å². The maximum absolute atomic E-state index is 12.4. The molecule has 1 rings (SSSR count). The largest absolute Gasteiger partial charge is 0.373 e. The van der Waals surface area contributed by atoms with Crippen molar-refractivity contribution in [2.24, 2.45) is 11.7 Å². The summed E-state index contributed by atoms with van der Waals surface area (Å²) in [6.07, 6.45) is -0.737. The van der Waals surface area contributed by atoms with Crippen molar-refractivity contribution in [2.75, 3.05) is 13.2 Å². The summed E-state index contributed by atoms with van der Waals surface area (Å²) < 4.78 is 52.6. The number of rotatable bonds is 7. The van der Waals surface area contributed by atoms with Crippen molar-refractivity contribution in [3.8, 4) is 0 Å². The van der Waals surface area contributed by atoms with Gasteiger partial charge in [-0.3, -0.25) is 0 Å². The molecule has 0 amide bonds. The molecule has 6 heteroatoms. The lowest BCUT2D eigenvalue weighted by atomic mass is 10.1. The van der Waals surface area contributed by atoms with Gasteiger partial charge in [-0.25, -0.2) is 8.78 Å². The molecule has 1 fully saturated rings. The number of halogens is 4. The van der Waals surface area contributed by atoms with Crippen molar-refractivity contribution in [1.29, 1.82) is 0 Å². The van der Waals surface area contributed by atoms with Crippen LogP contribution in [0.1, 0.15) is 19.3 Å². The molecule has 1 aliphatic carbocycles. The van der Waals surface area contributed by atoms with Crippen LogP contribution in [0.5, 0.6) is 0 Å². The van der Waals surface area contributed by atoms with Crippen LogP contribution in [0, 0.1) is 5.92 Å². The molecule has 1 atom stereocenters. The minimum absolute atomic E-state index is 0.0845. The molecule has 0 radical (unpaired) electrons. The molecule has 90 valence electrons. The third kappa shape index (κ3) is 4.79. The zero-order chi connectivity index (χ0) is 11.5. The Balaban J connectivity index is 2.08. The van der Waals surface area contributed by atoms with Crippen molar-refractivity contribution in [1.82, 2.24) is 0 Å². The zero-order valence-electron chi connectivity index (χ0n) is 8.27. The van der Waals surface area contributed by atoms with E-state index in [1.807, 2.05) is 0 Å². The normalized spacial score (nSPS) is 19.6. The standard InChI is InChI=1S/C9H15F4NO/c10-8(11)9(12,13)5-15-4-7(14)3-6-1-2-6/h6-8H,1-5,14H2. The molecule has 2 nitrogen and oxygen atoms in total. The molecule has 0 heterocycles. The van der Waals surface area contributed by atoms with Crippen LogP contribution < -0.4 is 5.73 Å². The average molecular weight is 229 g/mol. The number of ether oxygens (including phenoxy) is 1. The van der Waals surface area contributed by atoms with Crippen LogP contribution in [0.2, 0.25) is 0 Å². The smallest absolute Gasteiger partial charge is 0.330 e. The lowest BCUT2D eigenvalue weighted by Crippen LogP contribution is -2.35. The van der Waals surface area contributed by atoms with E-state index >= 15 is 0 Å². The highest BCUT2D eigenvalue weighted by molar-refractivity contribution is 4.78. The molecular weight excluding hydrogens is 214 g/mol. The van der Waals surface area contributed by atoms with Crippen molar-refractivity contribution in [3.05, 3.63) is 0 Å². The van der Waals surface area contributed by atoms with Crippen LogP contribution >= 0.6 is 0 Å². The van der Waals surface area contributed by atoms with E-state index in [-0.39, 0.29) is 12.6 Å². The van der Waals surface area contributed by atoms with Crippen LogP contribution in [0.3, 0.4) is 0 Å². The van der Waals surface area contributed by atoms with Crippen LogP contribution in [-0.4, -0.2) is 31.6 Å². The van der Waals surface area contributed by atoms with Gasteiger partial charge in [0.2, 0.25) is 0 Å². The molecule has 0 aliphatic heterocycles. The second kappa shape index (κ2) is 5.12. The second-order valence-electron chi connectivity index (χ2n) is 4.02. The lowest BCUT2D eigenvalue weighted by Gasteiger charge is -2.17. The molecule has 0 spiro atoms. The van der Waals surface area contributed by atoms with E-state index in [9.17, 15) is 17.6 Å². The molecule has 1 unspecified atom stereocenters. The van der Waals surface area contributed by atoms with Crippen LogP contribution in [-0.2, 0) is 4.74 Å². The van der Waals surface area contributed by atoms with E-state index in [2.05, 4.69) is 4.74 Å². The fourth-order valence-electron chi connectivity index (χ4n) is 1.26. The maximum atomic E-state index is 12.4. The van der Waals surface area contributed by atoms with E-state index in [1.165, 1.54) is 0 Å². The van der Waals surface area contributed by atoms with Crippen LogP contribution in [0.4, 0.5) is 17.6 Å². The number of nitrogens with two attached hydrogens (primary N) is 1. The third-order valence-electron chi connectivity index (χ3n) is 2.28. The van der Waals surface area contributed by atoms with Gasteiger partial charge >= 0.3 is 12.3 Å². The minimum atomic E-state index is -4.07. The lowest BCUT2D eigenvalue weighted by molar-refractivity contribution is -0.166. The molecule has 15 heavy (non-hydrogen) atoms. The Morgan fingerprint density at radius 1 is 1.33 bits per heavy atom. The summed E-state index contributed by atoms with van der Waals surface area (Å²) in [5, 5.41) is 0. The Morgan fingerprint density at radius 3 is 2.40 bits per heavy atom. The van der Waals surface area contributed by atoms with Gasteiger partial charge in [0.1, 0.15) is 6.61 Å². The summed E-state index contributed by atoms with van der Waals surface area (Å²) in [5.74, 6) is -3.50. The highest BCUT2D eigenvalue weighted by atomic mass is 19.3. The minimum Gasteiger partial charge on any atom is -0.373 e. The quantitative estimate of drug-likeness (QED) is 0.678. The van der Waals surface area contributed by atoms with Crippen LogP contribution in [0.25, 0.3) is 0 Å². The Hall–Kier alpha value is -0.360. The van der Waals surface area contributed by atoms with Crippen molar-refractivity contribution >= 4 is 0 Å². The highest BCUT2D eigenvalue weighted by Gasteiger charge is 2.41. The summed E-state index contributed by atoms with van der Waals surface area (Å²) in [7, 11) is 0. The Kier molecular flexibility index (Phi) is 4.33. The molecule has 0 aromatic rings. The summed E-state index contributed by atoms with van der Waals surface area (Å²) in [5.41, 5.74) is 5.56. The van der Waals surface area contributed by atoms with Gasteiger partial charge < -0.3 is 10.5 Å². The van der Waals surface area contributed by atoms with E-state index < -0.39 is 19.0 Å². The monoisotopic (exact) mass is 229 g/mol. The van der Waals surface area contributed by atoms with E-state index in [0.717, 1.165) is 19.3 Å². The van der Waals surface area contributed by atoms with Gasteiger partial charge in [-0.1, -0.05) is 12.8 Å². The number of hydrogen-bond donors (Lipinski definition) is 1. The van der Waals surface area contributed by atoms with Gasteiger partial charge in [-0.2, -0.15) is 8.78 Å². The SMILES string of the molecule is NC(COCC(F)(F)C(F)F)CC1CC1. The van der Waals surface area contributed by atoms with Crippen LogP contribution in [0.15, 0.2) is 0 Å². The van der Waals surface area contributed by atoms with Gasteiger partial charge in [-0.05, 0) is 12.3 Å². The summed E-state index contributed by atoms with van der Waals surface area (Å²) in [4.78, 5) is 0. The van der Waals surface area contributed by atoms with Gasteiger partial charge in [0.05, 0.1) is 6.61 Å². The number of alkyl halides is 4. The second-order valence-corrected chi connectivity index (χ2v) is 4.02. The summed E-state index contributed by atoms with van der Waals surface area (Å²) in [6, 6.07) is -0.328. The molecular formula is C9H15F4NO. The van der Waals surface area contributed by atoms with E-state index in [4.69, 9.17) is 5.73 Å². The molecule has 0 aromatic heterocycles. The summed E-state index contributed by atoms with van der Waals surface area (Å²) >= 11 is 0. The highest BCUT2D eigenvalue weighted by Crippen LogP contribution is 2.33. The Labute approximate surface area is 85.8 Å². The fourth-order valence-corrected chi connectivity index (χ4v) is 1.26. The van der Waals surface area contributed by atoms with Crippen molar-refractivity contribution in [3.63, 3.8) is 0 Å². The molecule has 0 bridgehead atoms. The first-order chi connectivity index (χ1) is 6.92. The zero-order valence-corrected chi connectivity index (χ0v) is 8.27. The molecule has 1 aliphatic rings. The fraction of sp³-hybridized carbons (Fsp3) is 1.00. The first kappa shape index (κ1) is 12.7. The average Bonchev–Trinajstić information content (AvgIpc) is 2.87. The molecule has 2 N–H and O–H groups in total. The van der Waals surface area contributed by atoms with Gasteiger partial charge in [0.15, 0.2) is 0 Å². The van der Waals surface area contributed by atoms with Gasteiger partial charge in [0, 0.05) is 6.04 Å². The van der Waals surface area contributed by atoms with Crippen molar-refractivity contribution < 1.29 is 22.3 Å². The Bertz CT molecular complexity index is 197. The van der Waals surface area contributed by atoms with E-state index in [0.29, 0.717) is 5.92 Å². The van der Waals surface area contributed by atoms with Crippen molar-refractivity contribution in [2.45, 2.75) is 37.7 Å². The van der Waals surface area contributed by atoms with E-state index in [1.54, 1.807) is 0 Å². The topological polar surface area (TPSA) is 35.2 Å². The Morgan fingerprint density at radius 2 is 1.93 bits per heavy atom. The molecule has 0 aromatic carbocycles. The van der Waals surface area contributed by atoms with Gasteiger partial charge in [-0.15, -0.1) is 0 Å². The third-order valence-corrected chi connectivity index (χ3v) is 2.28. The number of hydrogen-bond acceptors (Lipinski definition) is 2. The molecule has 0 saturated heterocycles. The first-order valence-electron chi connectivity index (χ1n) is 4.91. The maximum Gasteiger partial charge on any atom is 0.330 e. The molecule has 1 saturated carbocycles. The predicted molar refractivity (Wildman–Crippen MR) is 47.1 cm³/mol.